The van der Waals surface area contributed by atoms with Gasteiger partial charge in [0.15, 0.2) is 0 Å². The molecule has 1 unspecified atom stereocenters. The molecule has 0 aromatic carbocycles. The Labute approximate surface area is 92.1 Å². The highest BCUT2D eigenvalue weighted by atomic mass is 14.9. The molecule has 1 heterocycles. The summed E-state index contributed by atoms with van der Waals surface area (Å²) in [5, 5.41) is 3.58. The van der Waals surface area contributed by atoms with Crippen molar-refractivity contribution in [2.24, 2.45) is 5.92 Å². The highest BCUT2D eigenvalue weighted by molar-refractivity contribution is 5.08. The van der Waals surface area contributed by atoms with E-state index in [-0.39, 0.29) is 0 Å². The van der Waals surface area contributed by atoms with Crippen LogP contribution in [-0.2, 0) is 6.42 Å². The zero-order valence-electron chi connectivity index (χ0n) is 9.45. The zero-order valence-corrected chi connectivity index (χ0v) is 9.45. The molecule has 1 aliphatic rings. The number of aromatic nitrogens is 1. The van der Waals surface area contributed by atoms with Crippen molar-refractivity contribution in [1.29, 1.82) is 0 Å². The molecule has 1 aromatic rings. The molecule has 1 aromatic heterocycles. The van der Waals surface area contributed by atoms with Crippen molar-refractivity contribution in [3.63, 3.8) is 0 Å². The van der Waals surface area contributed by atoms with Gasteiger partial charge in [-0.15, -0.1) is 0 Å². The van der Waals surface area contributed by atoms with Gasteiger partial charge in [-0.1, -0.05) is 13.0 Å². The average molecular weight is 204 g/mol. The highest BCUT2D eigenvalue weighted by Crippen LogP contribution is 2.19. The summed E-state index contributed by atoms with van der Waals surface area (Å²) in [6.07, 6.45) is 8.99. The van der Waals surface area contributed by atoms with E-state index in [9.17, 15) is 0 Å². The van der Waals surface area contributed by atoms with Gasteiger partial charge >= 0.3 is 0 Å². The van der Waals surface area contributed by atoms with Gasteiger partial charge in [0.05, 0.1) is 0 Å². The third-order valence-electron chi connectivity index (χ3n) is 2.98. The lowest BCUT2D eigenvalue weighted by atomic mass is 10.0. The molecule has 82 valence electrons. The van der Waals surface area contributed by atoms with Crippen molar-refractivity contribution in [1.82, 2.24) is 10.3 Å². The van der Waals surface area contributed by atoms with Gasteiger partial charge in [-0.05, 0) is 49.8 Å². The van der Waals surface area contributed by atoms with Crippen LogP contribution in [0.3, 0.4) is 0 Å². The molecule has 0 amide bonds. The maximum absolute atomic E-state index is 4.13. The smallest absolute Gasteiger partial charge is 0.0299 e. The van der Waals surface area contributed by atoms with Crippen LogP contribution in [0.5, 0.6) is 0 Å². The highest BCUT2D eigenvalue weighted by Gasteiger charge is 2.20. The van der Waals surface area contributed by atoms with E-state index in [1.165, 1.54) is 31.4 Å². The third-order valence-corrected chi connectivity index (χ3v) is 2.98. The van der Waals surface area contributed by atoms with E-state index in [1.807, 2.05) is 18.5 Å². The second-order valence-electron chi connectivity index (χ2n) is 4.69. The third kappa shape index (κ3) is 4.00. The Morgan fingerprint density at radius 2 is 2.40 bits per heavy atom. The van der Waals surface area contributed by atoms with Crippen molar-refractivity contribution < 1.29 is 0 Å². The minimum absolute atomic E-state index is 0.769. The number of hydrogen-bond donors (Lipinski definition) is 1. The lowest BCUT2D eigenvalue weighted by molar-refractivity contribution is 0.479. The van der Waals surface area contributed by atoms with E-state index in [0.29, 0.717) is 0 Å². The number of aryl methyl sites for hydroxylation is 1. The Morgan fingerprint density at radius 3 is 3.07 bits per heavy atom. The van der Waals surface area contributed by atoms with Crippen LogP contribution in [0, 0.1) is 5.92 Å². The molecule has 1 aliphatic carbocycles. The first kappa shape index (κ1) is 10.6. The molecule has 2 rings (SSSR count). The number of hydrogen-bond acceptors (Lipinski definition) is 2. The summed E-state index contributed by atoms with van der Waals surface area (Å²) in [4.78, 5) is 4.13. The van der Waals surface area contributed by atoms with Gasteiger partial charge in [-0.25, -0.2) is 0 Å². The van der Waals surface area contributed by atoms with Crippen LogP contribution in [0.25, 0.3) is 0 Å². The first-order valence-electron chi connectivity index (χ1n) is 5.97. The normalized spacial score (nSPS) is 17.7. The number of rotatable bonds is 6. The van der Waals surface area contributed by atoms with E-state index in [0.717, 1.165) is 18.4 Å². The Kier molecular flexibility index (Phi) is 3.73. The average Bonchev–Trinajstić information content (AvgIpc) is 3.09. The predicted octanol–water partition coefficient (Wildman–Crippen LogP) is 2.40. The van der Waals surface area contributed by atoms with Crippen molar-refractivity contribution in [3.05, 3.63) is 30.1 Å². The maximum atomic E-state index is 4.13. The quantitative estimate of drug-likeness (QED) is 0.769. The van der Waals surface area contributed by atoms with E-state index >= 15 is 0 Å². The minimum Gasteiger partial charge on any atom is -0.314 e. The molecule has 0 saturated heterocycles. The molecular formula is C13H20N2. The van der Waals surface area contributed by atoms with Crippen LogP contribution in [0.15, 0.2) is 24.5 Å². The van der Waals surface area contributed by atoms with Crippen molar-refractivity contribution in [3.8, 4) is 0 Å². The first-order valence-corrected chi connectivity index (χ1v) is 5.97. The molecule has 1 N–H and O–H groups in total. The second kappa shape index (κ2) is 5.26. The lowest BCUT2D eigenvalue weighted by Gasteiger charge is -2.11. The molecule has 0 aliphatic heterocycles. The van der Waals surface area contributed by atoms with E-state index in [2.05, 4.69) is 23.3 Å². The predicted molar refractivity (Wildman–Crippen MR) is 62.7 cm³/mol. The van der Waals surface area contributed by atoms with Crippen LogP contribution in [0.1, 0.15) is 31.7 Å². The summed E-state index contributed by atoms with van der Waals surface area (Å²) >= 11 is 0. The summed E-state index contributed by atoms with van der Waals surface area (Å²) in [6.45, 7) is 3.50. The number of pyridine rings is 1. The minimum atomic E-state index is 0.769. The summed E-state index contributed by atoms with van der Waals surface area (Å²) in [7, 11) is 0. The molecule has 15 heavy (non-hydrogen) atoms. The Bertz CT molecular complexity index is 280. The van der Waals surface area contributed by atoms with Gasteiger partial charge in [-0.2, -0.15) is 0 Å². The monoisotopic (exact) mass is 204 g/mol. The molecule has 1 atom stereocenters. The molecule has 0 bridgehead atoms. The van der Waals surface area contributed by atoms with Gasteiger partial charge in [-0.3, -0.25) is 4.98 Å². The van der Waals surface area contributed by atoms with Crippen LogP contribution in [-0.4, -0.2) is 17.6 Å². The first-order chi connectivity index (χ1) is 7.34. The van der Waals surface area contributed by atoms with Crippen molar-refractivity contribution in [2.75, 3.05) is 6.54 Å². The fraction of sp³-hybridized carbons (Fsp3) is 0.615. The fourth-order valence-corrected chi connectivity index (χ4v) is 1.72. The van der Waals surface area contributed by atoms with Crippen molar-refractivity contribution >= 4 is 0 Å². The molecule has 0 radical (unpaired) electrons. The summed E-state index contributed by atoms with van der Waals surface area (Å²) in [6, 6.07) is 5.02. The van der Waals surface area contributed by atoms with Gasteiger partial charge in [0.1, 0.15) is 0 Å². The van der Waals surface area contributed by atoms with Crippen LogP contribution in [0.4, 0.5) is 0 Å². The second-order valence-corrected chi connectivity index (χ2v) is 4.69. The Balaban J connectivity index is 1.63. The standard InChI is InChI=1S/C13H20N2/c1-11(9-15-13-6-7-13)4-5-12-3-2-8-14-10-12/h2-3,8,10-11,13,15H,4-7,9H2,1H3. The largest absolute Gasteiger partial charge is 0.314 e. The number of nitrogens with one attached hydrogen (secondary N) is 1. The summed E-state index contributed by atoms with van der Waals surface area (Å²) in [5.41, 5.74) is 1.36. The van der Waals surface area contributed by atoms with Crippen LogP contribution < -0.4 is 5.32 Å². The number of nitrogens with zero attached hydrogens (tertiary/aromatic N) is 1. The maximum Gasteiger partial charge on any atom is 0.0299 e. The van der Waals surface area contributed by atoms with Gasteiger partial charge in [0, 0.05) is 18.4 Å². The summed E-state index contributed by atoms with van der Waals surface area (Å²) < 4.78 is 0. The summed E-state index contributed by atoms with van der Waals surface area (Å²) in [5.74, 6) is 0.769. The molecular weight excluding hydrogens is 184 g/mol. The topological polar surface area (TPSA) is 24.9 Å². The fourth-order valence-electron chi connectivity index (χ4n) is 1.72. The Morgan fingerprint density at radius 1 is 1.53 bits per heavy atom. The van der Waals surface area contributed by atoms with Gasteiger partial charge < -0.3 is 5.32 Å². The van der Waals surface area contributed by atoms with Gasteiger partial charge in [0.2, 0.25) is 0 Å². The van der Waals surface area contributed by atoms with E-state index in [4.69, 9.17) is 0 Å². The molecule has 1 fully saturated rings. The van der Waals surface area contributed by atoms with Crippen LogP contribution in [0.2, 0.25) is 0 Å². The van der Waals surface area contributed by atoms with Crippen LogP contribution >= 0.6 is 0 Å². The zero-order chi connectivity index (χ0) is 10.5. The SMILES string of the molecule is CC(CCc1cccnc1)CNC1CC1. The van der Waals surface area contributed by atoms with Crippen molar-refractivity contribution in [2.45, 2.75) is 38.6 Å². The lowest BCUT2D eigenvalue weighted by Crippen LogP contribution is -2.23. The Hall–Kier alpha value is -0.890. The molecule has 1 saturated carbocycles. The molecule has 2 nitrogen and oxygen atoms in total. The van der Waals surface area contributed by atoms with E-state index in [1.54, 1.807) is 0 Å². The molecule has 0 spiro atoms. The van der Waals surface area contributed by atoms with Gasteiger partial charge in [0.25, 0.3) is 0 Å². The molecule has 2 heteroatoms. The van der Waals surface area contributed by atoms with E-state index < -0.39 is 0 Å².